The smallest absolute Gasteiger partial charge is 0.305 e. The molecule has 1 unspecified atom stereocenters. The van der Waals surface area contributed by atoms with Gasteiger partial charge in [-0.3, -0.25) is 4.79 Å². The summed E-state index contributed by atoms with van der Waals surface area (Å²) >= 11 is 0. The molecule has 1 fully saturated rings. The first-order chi connectivity index (χ1) is 10.3. The lowest BCUT2D eigenvalue weighted by Gasteiger charge is -2.21. The van der Waals surface area contributed by atoms with Crippen LogP contribution < -0.4 is 0 Å². The van der Waals surface area contributed by atoms with Crippen LogP contribution in [-0.2, 0) is 19.0 Å². The molecule has 0 aliphatic carbocycles. The highest BCUT2D eigenvalue weighted by molar-refractivity contribution is 5.69. The zero-order valence-corrected chi connectivity index (χ0v) is 13.6. The van der Waals surface area contributed by atoms with E-state index in [1.165, 1.54) is 25.7 Å². The lowest BCUT2D eigenvalue weighted by atomic mass is 9.99. The van der Waals surface area contributed by atoms with Crippen molar-refractivity contribution in [2.45, 2.75) is 64.7 Å². The largest absolute Gasteiger partial charge is 0.466 e. The number of carbonyl (C=O) groups is 1. The first-order valence-corrected chi connectivity index (χ1v) is 8.64. The van der Waals surface area contributed by atoms with Gasteiger partial charge in [-0.15, -0.1) is 0 Å². The Morgan fingerprint density at radius 3 is 2.71 bits per heavy atom. The highest BCUT2D eigenvalue weighted by Crippen LogP contribution is 2.17. The Balaban J connectivity index is 1.75. The summed E-state index contributed by atoms with van der Waals surface area (Å²) in [5, 5.41) is 0. The molecule has 0 aromatic carbocycles. The second kappa shape index (κ2) is 13.1. The molecule has 0 aromatic rings. The fraction of sp³-hybridized carbons (Fsp3) is 0.941. The van der Waals surface area contributed by atoms with Gasteiger partial charge >= 0.3 is 5.97 Å². The van der Waals surface area contributed by atoms with E-state index in [2.05, 4.69) is 0 Å². The normalized spacial score (nSPS) is 18.6. The molecule has 0 spiro atoms. The van der Waals surface area contributed by atoms with Gasteiger partial charge in [-0.2, -0.15) is 0 Å². The van der Waals surface area contributed by atoms with Crippen molar-refractivity contribution in [3.05, 3.63) is 0 Å². The van der Waals surface area contributed by atoms with E-state index >= 15 is 0 Å². The number of hydrogen-bond acceptors (Lipinski definition) is 4. The van der Waals surface area contributed by atoms with Crippen molar-refractivity contribution in [2.24, 2.45) is 5.92 Å². The molecule has 4 nitrogen and oxygen atoms in total. The standard InChI is InChI=1S/C17H32O4/c1-2-21-17(18)10-6-4-3-5-7-12-19-14-11-16-9-8-13-20-15-16/h16H,2-15H2,1H3. The molecule has 0 N–H and O–H groups in total. The number of rotatable bonds is 12. The molecule has 1 aliphatic rings. The predicted molar refractivity (Wildman–Crippen MR) is 83.3 cm³/mol. The minimum atomic E-state index is -0.0625. The van der Waals surface area contributed by atoms with Crippen LogP contribution in [0.15, 0.2) is 0 Å². The second-order valence-corrected chi connectivity index (χ2v) is 5.81. The van der Waals surface area contributed by atoms with Crippen LogP contribution in [0.25, 0.3) is 0 Å². The molecule has 124 valence electrons. The SMILES string of the molecule is CCOC(=O)CCCCCCCOCCC1CCCOC1. The molecule has 4 heteroatoms. The van der Waals surface area contributed by atoms with Gasteiger partial charge in [-0.1, -0.05) is 19.3 Å². The van der Waals surface area contributed by atoms with Crippen LogP contribution in [0.3, 0.4) is 0 Å². The van der Waals surface area contributed by atoms with Crippen LogP contribution in [-0.4, -0.2) is 39.0 Å². The molecule has 1 rings (SSSR count). The Hall–Kier alpha value is -0.610. The Bertz CT molecular complexity index is 249. The predicted octanol–water partition coefficient (Wildman–Crippen LogP) is 3.72. The van der Waals surface area contributed by atoms with Gasteiger partial charge in [0.05, 0.1) is 6.61 Å². The zero-order chi connectivity index (χ0) is 15.2. The fourth-order valence-corrected chi connectivity index (χ4v) is 2.62. The van der Waals surface area contributed by atoms with Gasteiger partial charge in [0, 0.05) is 32.8 Å². The summed E-state index contributed by atoms with van der Waals surface area (Å²) in [5.74, 6) is 0.647. The Labute approximate surface area is 129 Å². The summed E-state index contributed by atoms with van der Waals surface area (Å²) in [6.07, 6.45) is 9.75. The van der Waals surface area contributed by atoms with Gasteiger partial charge in [0.2, 0.25) is 0 Å². The highest BCUT2D eigenvalue weighted by Gasteiger charge is 2.13. The Morgan fingerprint density at radius 2 is 1.95 bits per heavy atom. The van der Waals surface area contributed by atoms with Gasteiger partial charge < -0.3 is 14.2 Å². The number of unbranched alkanes of at least 4 members (excludes halogenated alkanes) is 4. The molecule has 1 saturated heterocycles. The summed E-state index contributed by atoms with van der Waals surface area (Å²) in [5.41, 5.74) is 0. The van der Waals surface area contributed by atoms with Crippen LogP contribution in [0.4, 0.5) is 0 Å². The Morgan fingerprint density at radius 1 is 1.14 bits per heavy atom. The van der Waals surface area contributed by atoms with Gasteiger partial charge in [0.1, 0.15) is 0 Å². The first kappa shape index (κ1) is 18.4. The molecule has 0 radical (unpaired) electrons. The summed E-state index contributed by atoms with van der Waals surface area (Å²) in [6, 6.07) is 0. The highest BCUT2D eigenvalue weighted by atomic mass is 16.5. The van der Waals surface area contributed by atoms with Gasteiger partial charge in [0.25, 0.3) is 0 Å². The van der Waals surface area contributed by atoms with Gasteiger partial charge in [-0.25, -0.2) is 0 Å². The third-order valence-electron chi connectivity index (χ3n) is 3.90. The first-order valence-electron chi connectivity index (χ1n) is 8.64. The maximum absolute atomic E-state index is 11.1. The lowest BCUT2D eigenvalue weighted by Crippen LogP contribution is -2.18. The summed E-state index contributed by atoms with van der Waals surface area (Å²) < 4.78 is 16.0. The van der Waals surface area contributed by atoms with Crippen molar-refractivity contribution < 1.29 is 19.0 Å². The third kappa shape index (κ3) is 10.7. The quantitative estimate of drug-likeness (QED) is 0.407. The number of esters is 1. The van der Waals surface area contributed by atoms with Crippen LogP contribution in [0.5, 0.6) is 0 Å². The van der Waals surface area contributed by atoms with E-state index in [1.807, 2.05) is 6.92 Å². The van der Waals surface area contributed by atoms with Crippen LogP contribution in [0.1, 0.15) is 64.7 Å². The van der Waals surface area contributed by atoms with Crippen molar-refractivity contribution >= 4 is 5.97 Å². The number of carbonyl (C=O) groups excluding carboxylic acids is 1. The summed E-state index contributed by atoms with van der Waals surface area (Å²) in [4.78, 5) is 11.1. The molecule has 0 bridgehead atoms. The molecule has 1 aliphatic heterocycles. The monoisotopic (exact) mass is 300 g/mol. The number of ether oxygens (including phenoxy) is 3. The molecular formula is C17H32O4. The maximum atomic E-state index is 11.1. The van der Waals surface area contributed by atoms with E-state index in [4.69, 9.17) is 14.2 Å². The topological polar surface area (TPSA) is 44.8 Å². The van der Waals surface area contributed by atoms with E-state index in [0.717, 1.165) is 52.1 Å². The Kier molecular flexibility index (Phi) is 11.5. The fourth-order valence-electron chi connectivity index (χ4n) is 2.62. The molecule has 21 heavy (non-hydrogen) atoms. The summed E-state index contributed by atoms with van der Waals surface area (Å²) in [6.45, 7) is 5.93. The van der Waals surface area contributed by atoms with Crippen LogP contribution >= 0.6 is 0 Å². The van der Waals surface area contributed by atoms with E-state index in [1.54, 1.807) is 0 Å². The van der Waals surface area contributed by atoms with Crippen LogP contribution in [0.2, 0.25) is 0 Å². The van der Waals surface area contributed by atoms with Crippen LogP contribution in [0, 0.1) is 5.92 Å². The molecular weight excluding hydrogens is 268 g/mol. The van der Waals surface area contributed by atoms with Crippen molar-refractivity contribution in [1.29, 1.82) is 0 Å². The zero-order valence-electron chi connectivity index (χ0n) is 13.6. The van der Waals surface area contributed by atoms with Crippen molar-refractivity contribution in [2.75, 3.05) is 33.0 Å². The maximum Gasteiger partial charge on any atom is 0.305 e. The van der Waals surface area contributed by atoms with E-state index < -0.39 is 0 Å². The van der Waals surface area contributed by atoms with E-state index in [0.29, 0.717) is 18.9 Å². The average molecular weight is 300 g/mol. The average Bonchev–Trinajstić information content (AvgIpc) is 2.50. The van der Waals surface area contributed by atoms with Crippen molar-refractivity contribution in [3.63, 3.8) is 0 Å². The minimum Gasteiger partial charge on any atom is -0.466 e. The third-order valence-corrected chi connectivity index (χ3v) is 3.90. The van der Waals surface area contributed by atoms with E-state index in [-0.39, 0.29) is 5.97 Å². The van der Waals surface area contributed by atoms with Crippen molar-refractivity contribution in [3.8, 4) is 0 Å². The second-order valence-electron chi connectivity index (χ2n) is 5.81. The van der Waals surface area contributed by atoms with Gasteiger partial charge in [0.15, 0.2) is 0 Å². The molecule has 0 amide bonds. The molecule has 0 aromatic heterocycles. The van der Waals surface area contributed by atoms with Gasteiger partial charge in [-0.05, 0) is 44.9 Å². The molecule has 1 heterocycles. The summed E-state index contributed by atoms with van der Waals surface area (Å²) in [7, 11) is 0. The lowest BCUT2D eigenvalue weighted by molar-refractivity contribution is -0.143. The minimum absolute atomic E-state index is 0.0625. The van der Waals surface area contributed by atoms with E-state index in [9.17, 15) is 4.79 Å². The molecule has 0 saturated carbocycles. The number of hydrogen-bond donors (Lipinski definition) is 0. The van der Waals surface area contributed by atoms with Crippen molar-refractivity contribution in [1.82, 2.24) is 0 Å². The molecule has 1 atom stereocenters.